The Morgan fingerprint density at radius 3 is 2.75 bits per heavy atom. The lowest BCUT2D eigenvalue weighted by molar-refractivity contribution is 0.0625. The number of rotatable bonds is 10. The first-order chi connectivity index (χ1) is 13.5. The predicted octanol–water partition coefficient (Wildman–Crippen LogP) is 2.91. The van der Waals surface area contributed by atoms with E-state index in [1.165, 1.54) is 19.3 Å². The van der Waals surface area contributed by atoms with Crippen molar-refractivity contribution in [2.45, 2.75) is 57.7 Å². The normalized spacial score (nSPS) is 16.0. The highest BCUT2D eigenvalue weighted by Crippen LogP contribution is 2.19. The van der Waals surface area contributed by atoms with E-state index in [1.807, 2.05) is 7.05 Å². The van der Waals surface area contributed by atoms with Crippen LogP contribution in [0.15, 0.2) is 10.1 Å². The molecule has 0 saturated carbocycles. The van der Waals surface area contributed by atoms with Gasteiger partial charge >= 0.3 is 0 Å². The fraction of sp³-hybridized carbons (Fsp3) is 0.850. The molecule has 1 aliphatic heterocycles. The second-order valence-corrected chi connectivity index (χ2v) is 8.72. The van der Waals surface area contributed by atoms with Gasteiger partial charge in [0.05, 0.1) is 0 Å². The molecule has 0 spiro atoms. The molecule has 7 nitrogen and oxygen atoms in total. The first-order valence-corrected chi connectivity index (χ1v) is 11.7. The van der Waals surface area contributed by atoms with Crippen molar-refractivity contribution in [3.63, 3.8) is 0 Å². The van der Waals surface area contributed by atoms with Crippen molar-refractivity contribution >= 4 is 17.7 Å². The number of aryl methyl sites for hydroxylation is 1. The summed E-state index contributed by atoms with van der Waals surface area (Å²) in [4.78, 5) is 6.68. The number of ether oxygens (including phenoxy) is 1. The zero-order chi connectivity index (χ0) is 20.4. The molecule has 1 saturated heterocycles. The molecule has 2 rings (SSSR count). The number of nitrogens with one attached hydrogen (secondary N) is 1. The molecular weight excluding hydrogens is 372 g/mol. The Bertz CT molecular complexity index is 598. The van der Waals surface area contributed by atoms with Gasteiger partial charge in [0.15, 0.2) is 11.1 Å². The van der Waals surface area contributed by atoms with Gasteiger partial charge in [0.2, 0.25) is 0 Å². The van der Waals surface area contributed by atoms with Crippen LogP contribution in [0.1, 0.15) is 45.4 Å². The van der Waals surface area contributed by atoms with Crippen molar-refractivity contribution in [2.24, 2.45) is 16.8 Å². The number of nitrogens with zero attached hydrogens (tertiary/aromatic N) is 5. The molecule has 0 atom stereocenters. The molecule has 1 N–H and O–H groups in total. The van der Waals surface area contributed by atoms with Gasteiger partial charge in [-0.25, -0.2) is 0 Å². The van der Waals surface area contributed by atoms with Gasteiger partial charge in [0.25, 0.3) is 0 Å². The molecule has 160 valence electrons. The van der Waals surface area contributed by atoms with Crippen molar-refractivity contribution in [1.82, 2.24) is 25.0 Å². The third kappa shape index (κ3) is 7.28. The van der Waals surface area contributed by atoms with E-state index in [0.717, 1.165) is 68.5 Å². The van der Waals surface area contributed by atoms with Crippen LogP contribution in [-0.4, -0.2) is 72.3 Å². The largest absolute Gasteiger partial charge is 0.381 e. The van der Waals surface area contributed by atoms with Crippen molar-refractivity contribution in [3.05, 3.63) is 5.82 Å². The van der Waals surface area contributed by atoms with Crippen molar-refractivity contribution in [2.75, 3.05) is 46.7 Å². The fourth-order valence-corrected chi connectivity index (χ4v) is 4.07. The van der Waals surface area contributed by atoms with Crippen molar-refractivity contribution < 1.29 is 4.74 Å². The van der Waals surface area contributed by atoms with Crippen LogP contribution in [0, 0.1) is 11.8 Å². The summed E-state index contributed by atoms with van der Waals surface area (Å²) in [7, 11) is 3.98. The van der Waals surface area contributed by atoms with Gasteiger partial charge in [-0.05, 0) is 43.8 Å². The lowest BCUT2D eigenvalue weighted by Crippen LogP contribution is -2.40. The van der Waals surface area contributed by atoms with Gasteiger partial charge in [-0.3, -0.25) is 4.99 Å². The summed E-state index contributed by atoms with van der Waals surface area (Å²) in [6, 6.07) is 0. The predicted molar refractivity (Wildman–Crippen MR) is 117 cm³/mol. The highest BCUT2D eigenvalue weighted by molar-refractivity contribution is 7.98. The molecule has 0 radical (unpaired) electrons. The third-order valence-corrected chi connectivity index (χ3v) is 5.84. The number of aromatic nitrogens is 3. The molecule has 1 aromatic heterocycles. The molecule has 0 amide bonds. The second kappa shape index (κ2) is 12.3. The molecule has 2 heterocycles. The lowest BCUT2D eigenvalue weighted by atomic mass is 9.96. The Kier molecular flexibility index (Phi) is 10.1. The molecule has 0 aromatic carbocycles. The standard InChI is InChI=1S/C20H38N6OS/c1-16(2)15-26-18(23-24-20(26)28-5)7-6-11-22-19(21-3)25(4)12-8-17-9-13-27-14-10-17/h16-17H,6-15H2,1-5H3,(H,21,22). The maximum absolute atomic E-state index is 5.45. The highest BCUT2D eigenvalue weighted by atomic mass is 32.2. The van der Waals surface area contributed by atoms with Gasteiger partial charge in [0.1, 0.15) is 5.82 Å². The monoisotopic (exact) mass is 410 g/mol. The zero-order valence-electron chi connectivity index (χ0n) is 18.3. The average Bonchev–Trinajstić information content (AvgIpc) is 3.08. The van der Waals surface area contributed by atoms with E-state index in [4.69, 9.17) is 4.74 Å². The van der Waals surface area contributed by atoms with E-state index in [-0.39, 0.29) is 0 Å². The third-order valence-electron chi connectivity index (χ3n) is 5.17. The van der Waals surface area contributed by atoms with Crippen LogP contribution in [0.3, 0.4) is 0 Å². The fourth-order valence-electron chi connectivity index (χ4n) is 3.55. The van der Waals surface area contributed by atoms with E-state index in [2.05, 4.69) is 57.1 Å². The van der Waals surface area contributed by atoms with Gasteiger partial charge < -0.3 is 19.5 Å². The maximum atomic E-state index is 5.45. The van der Waals surface area contributed by atoms with Gasteiger partial charge in [0, 0.05) is 53.4 Å². The quantitative estimate of drug-likeness (QED) is 0.277. The summed E-state index contributed by atoms with van der Waals surface area (Å²) in [6.45, 7) is 9.19. The number of aliphatic imine (C=N–C) groups is 1. The second-order valence-electron chi connectivity index (χ2n) is 7.95. The lowest BCUT2D eigenvalue weighted by Gasteiger charge is -2.26. The molecule has 1 fully saturated rings. The molecular formula is C20H38N6OS. The molecule has 8 heteroatoms. The van der Waals surface area contributed by atoms with Gasteiger partial charge in [-0.2, -0.15) is 0 Å². The minimum absolute atomic E-state index is 0.585. The van der Waals surface area contributed by atoms with Crippen LogP contribution in [0.5, 0.6) is 0 Å². The molecule has 1 aromatic rings. The minimum Gasteiger partial charge on any atom is -0.381 e. The van der Waals surface area contributed by atoms with Crippen LogP contribution < -0.4 is 5.32 Å². The van der Waals surface area contributed by atoms with Crippen LogP contribution in [0.2, 0.25) is 0 Å². The summed E-state index contributed by atoms with van der Waals surface area (Å²) in [5.41, 5.74) is 0. The SMILES string of the molecule is CN=C(NCCCc1nnc(SC)n1CC(C)C)N(C)CCC1CCOCC1. The summed E-state index contributed by atoms with van der Waals surface area (Å²) in [6.07, 6.45) is 7.58. The van der Waals surface area contributed by atoms with Gasteiger partial charge in [-0.15, -0.1) is 10.2 Å². The summed E-state index contributed by atoms with van der Waals surface area (Å²) >= 11 is 1.67. The van der Waals surface area contributed by atoms with Crippen LogP contribution >= 0.6 is 11.8 Å². The molecule has 0 bridgehead atoms. The summed E-state index contributed by atoms with van der Waals surface area (Å²) in [5, 5.41) is 13.2. The van der Waals surface area contributed by atoms with Crippen molar-refractivity contribution in [3.8, 4) is 0 Å². The summed E-state index contributed by atoms with van der Waals surface area (Å²) < 4.78 is 7.72. The Balaban J connectivity index is 1.74. The first kappa shape index (κ1) is 23.0. The van der Waals surface area contributed by atoms with E-state index < -0.39 is 0 Å². The minimum atomic E-state index is 0.585. The van der Waals surface area contributed by atoms with E-state index in [9.17, 15) is 0 Å². The Labute approximate surface area is 174 Å². The zero-order valence-corrected chi connectivity index (χ0v) is 19.1. The Morgan fingerprint density at radius 2 is 2.11 bits per heavy atom. The Hall–Kier alpha value is -1.28. The highest BCUT2D eigenvalue weighted by Gasteiger charge is 2.16. The summed E-state index contributed by atoms with van der Waals surface area (Å²) in [5.74, 6) is 3.43. The van der Waals surface area contributed by atoms with E-state index in [0.29, 0.717) is 5.92 Å². The molecule has 0 aliphatic carbocycles. The van der Waals surface area contributed by atoms with Crippen LogP contribution in [-0.2, 0) is 17.7 Å². The number of hydrogen-bond acceptors (Lipinski definition) is 5. The average molecular weight is 411 g/mol. The van der Waals surface area contributed by atoms with Crippen LogP contribution in [0.4, 0.5) is 0 Å². The van der Waals surface area contributed by atoms with Crippen molar-refractivity contribution in [1.29, 1.82) is 0 Å². The first-order valence-electron chi connectivity index (χ1n) is 10.5. The Morgan fingerprint density at radius 1 is 1.36 bits per heavy atom. The smallest absolute Gasteiger partial charge is 0.193 e. The topological polar surface area (TPSA) is 67.6 Å². The van der Waals surface area contributed by atoms with Gasteiger partial charge in [-0.1, -0.05) is 25.6 Å². The number of guanidine groups is 1. The number of thioether (sulfide) groups is 1. The molecule has 1 aliphatic rings. The molecule has 0 unspecified atom stereocenters. The van der Waals surface area contributed by atoms with E-state index >= 15 is 0 Å². The molecule has 28 heavy (non-hydrogen) atoms. The van der Waals surface area contributed by atoms with E-state index in [1.54, 1.807) is 11.8 Å². The maximum Gasteiger partial charge on any atom is 0.193 e. The van der Waals surface area contributed by atoms with Crippen LogP contribution in [0.25, 0.3) is 0 Å². The number of hydrogen-bond donors (Lipinski definition) is 1.